The molecule has 2 N–H and O–H groups in total. The number of fused-ring (bicyclic) bond motifs is 1. The van der Waals surface area contributed by atoms with Gasteiger partial charge in [0.15, 0.2) is 11.0 Å². The molecule has 1 heterocycles. The Morgan fingerprint density at radius 2 is 1.58 bits per heavy atom. The van der Waals surface area contributed by atoms with Crippen LogP contribution in [0.15, 0.2) is 48.5 Å². The van der Waals surface area contributed by atoms with Crippen LogP contribution in [-0.4, -0.2) is 41.1 Å². The first-order chi connectivity index (χ1) is 12.7. The Labute approximate surface area is 154 Å². The Morgan fingerprint density at radius 1 is 0.923 bits per heavy atom. The lowest BCUT2D eigenvalue weighted by Gasteiger charge is -2.23. The predicted molar refractivity (Wildman–Crippen MR) is 105 cm³/mol. The summed E-state index contributed by atoms with van der Waals surface area (Å²) in [6.45, 7) is 7.35. The van der Waals surface area contributed by atoms with Crippen molar-refractivity contribution < 1.29 is 14.8 Å². The SMILES string of the molecule is CCn1c(-c2ccc(N(CCO)CCO)cc2)[n+](CC)c2ccccc21. The highest BCUT2D eigenvalue weighted by atomic mass is 16.3. The molecule has 0 spiro atoms. The van der Waals surface area contributed by atoms with Gasteiger partial charge in [-0.25, -0.2) is 9.13 Å². The number of hydrogen-bond donors (Lipinski definition) is 2. The van der Waals surface area contributed by atoms with E-state index < -0.39 is 0 Å². The fourth-order valence-corrected chi connectivity index (χ4v) is 3.68. The second-order valence-electron chi connectivity index (χ2n) is 6.28. The molecule has 0 aliphatic rings. The number of aliphatic hydroxyl groups is 2. The van der Waals surface area contributed by atoms with Crippen LogP contribution in [0.1, 0.15) is 13.8 Å². The van der Waals surface area contributed by atoms with Crippen LogP contribution in [0, 0.1) is 0 Å². The number of aromatic nitrogens is 2. The molecule has 5 heteroatoms. The van der Waals surface area contributed by atoms with Crippen molar-refractivity contribution in [1.29, 1.82) is 0 Å². The third-order valence-corrected chi connectivity index (χ3v) is 4.84. The van der Waals surface area contributed by atoms with Crippen LogP contribution in [0.2, 0.25) is 0 Å². The average molecular weight is 354 g/mol. The maximum atomic E-state index is 9.24. The third-order valence-electron chi connectivity index (χ3n) is 4.84. The van der Waals surface area contributed by atoms with E-state index in [0.29, 0.717) is 13.1 Å². The Bertz CT molecular complexity index is 809. The first-order valence-corrected chi connectivity index (χ1v) is 9.33. The smallest absolute Gasteiger partial charge is 0.289 e. The van der Waals surface area contributed by atoms with Crippen molar-refractivity contribution in [1.82, 2.24) is 4.57 Å². The van der Waals surface area contributed by atoms with Gasteiger partial charge in [-0.05, 0) is 50.2 Å². The molecule has 2 aromatic carbocycles. The number of aliphatic hydroxyl groups excluding tert-OH is 2. The molecule has 0 saturated carbocycles. The second kappa shape index (κ2) is 8.34. The van der Waals surface area contributed by atoms with Crippen LogP contribution in [0.5, 0.6) is 0 Å². The fourth-order valence-electron chi connectivity index (χ4n) is 3.68. The van der Waals surface area contributed by atoms with E-state index in [1.54, 1.807) is 0 Å². The Balaban J connectivity index is 2.06. The highest BCUT2D eigenvalue weighted by Crippen LogP contribution is 2.25. The van der Waals surface area contributed by atoms with Gasteiger partial charge in [0.25, 0.3) is 5.82 Å². The van der Waals surface area contributed by atoms with Crippen LogP contribution in [0.4, 0.5) is 5.69 Å². The summed E-state index contributed by atoms with van der Waals surface area (Å²) in [4.78, 5) is 1.99. The molecule has 138 valence electrons. The predicted octanol–water partition coefficient (Wildman–Crippen LogP) is 2.43. The highest BCUT2D eigenvalue weighted by molar-refractivity contribution is 5.76. The van der Waals surface area contributed by atoms with Crippen LogP contribution >= 0.6 is 0 Å². The summed E-state index contributed by atoms with van der Waals surface area (Å²) in [5.74, 6) is 1.21. The molecule has 3 rings (SSSR count). The number of para-hydroxylation sites is 2. The molecular weight excluding hydrogens is 326 g/mol. The lowest BCUT2D eigenvalue weighted by Crippen LogP contribution is -2.34. The molecule has 1 aromatic heterocycles. The summed E-state index contributed by atoms with van der Waals surface area (Å²) >= 11 is 0. The van der Waals surface area contributed by atoms with E-state index >= 15 is 0 Å². The van der Waals surface area contributed by atoms with Gasteiger partial charge in [0.2, 0.25) is 0 Å². The Kier molecular flexibility index (Phi) is 5.91. The van der Waals surface area contributed by atoms with Crippen LogP contribution in [-0.2, 0) is 13.1 Å². The summed E-state index contributed by atoms with van der Waals surface area (Å²) in [7, 11) is 0. The molecular formula is C21H28N3O2+. The van der Waals surface area contributed by atoms with E-state index in [2.05, 4.69) is 71.5 Å². The van der Waals surface area contributed by atoms with E-state index in [1.165, 1.54) is 22.4 Å². The van der Waals surface area contributed by atoms with Crippen LogP contribution in [0.25, 0.3) is 22.4 Å². The van der Waals surface area contributed by atoms with Gasteiger partial charge in [-0.15, -0.1) is 0 Å². The van der Waals surface area contributed by atoms with Gasteiger partial charge in [0.1, 0.15) is 0 Å². The van der Waals surface area contributed by atoms with Gasteiger partial charge in [-0.3, -0.25) is 0 Å². The number of benzene rings is 2. The van der Waals surface area contributed by atoms with Crippen molar-refractivity contribution in [3.05, 3.63) is 48.5 Å². The van der Waals surface area contributed by atoms with E-state index in [0.717, 1.165) is 18.8 Å². The number of nitrogens with zero attached hydrogens (tertiary/aromatic N) is 3. The van der Waals surface area contributed by atoms with Gasteiger partial charge in [-0.1, -0.05) is 12.1 Å². The number of hydrogen-bond acceptors (Lipinski definition) is 3. The summed E-state index contributed by atoms with van der Waals surface area (Å²) in [5.41, 5.74) is 4.68. The molecule has 0 aliphatic carbocycles. The maximum Gasteiger partial charge on any atom is 0.289 e. The highest BCUT2D eigenvalue weighted by Gasteiger charge is 2.24. The van der Waals surface area contributed by atoms with E-state index in [4.69, 9.17) is 0 Å². The molecule has 0 radical (unpaired) electrons. The minimum absolute atomic E-state index is 0.0711. The number of imidazole rings is 1. The third kappa shape index (κ3) is 3.32. The van der Waals surface area contributed by atoms with E-state index in [-0.39, 0.29) is 13.2 Å². The lowest BCUT2D eigenvalue weighted by molar-refractivity contribution is -0.657. The second-order valence-corrected chi connectivity index (χ2v) is 6.28. The maximum absolute atomic E-state index is 9.24. The Hall–Kier alpha value is -2.37. The summed E-state index contributed by atoms with van der Waals surface area (Å²) in [6.07, 6.45) is 0. The van der Waals surface area contributed by atoms with E-state index in [1.807, 2.05) is 4.90 Å². The molecule has 26 heavy (non-hydrogen) atoms. The molecule has 0 fully saturated rings. The first-order valence-electron chi connectivity index (χ1n) is 9.33. The lowest BCUT2D eigenvalue weighted by atomic mass is 10.1. The van der Waals surface area contributed by atoms with Crippen molar-refractivity contribution in [3.8, 4) is 11.4 Å². The summed E-state index contributed by atoms with van der Waals surface area (Å²) < 4.78 is 4.71. The molecule has 0 bridgehead atoms. The fraction of sp³-hybridized carbons (Fsp3) is 0.381. The first kappa shape index (κ1) is 18.4. The standard InChI is InChI=1S/C21H28N3O2/c1-3-23-19-7-5-6-8-20(19)24(4-2)21(23)17-9-11-18(12-10-17)22(13-15-25)14-16-26/h5-12,25-26H,3-4,13-16H2,1-2H3/q+1. The molecule has 0 amide bonds. The average Bonchev–Trinajstić information content (AvgIpc) is 3.01. The van der Waals surface area contributed by atoms with Crippen LogP contribution < -0.4 is 9.47 Å². The van der Waals surface area contributed by atoms with Gasteiger partial charge in [0, 0.05) is 18.8 Å². The quantitative estimate of drug-likeness (QED) is 0.611. The van der Waals surface area contributed by atoms with Gasteiger partial charge < -0.3 is 15.1 Å². The van der Waals surface area contributed by atoms with Crippen molar-refractivity contribution in [2.45, 2.75) is 26.9 Å². The monoisotopic (exact) mass is 354 g/mol. The molecule has 3 aromatic rings. The molecule has 0 unspecified atom stereocenters. The Morgan fingerprint density at radius 3 is 2.15 bits per heavy atom. The minimum atomic E-state index is 0.0711. The zero-order valence-corrected chi connectivity index (χ0v) is 15.6. The topological polar surface area (TPSA) is 52.5 Å². The van der Waals surface area contributed by atoms with E-state index in [9.17, 15) is 10.2 Å². The van der Waals surface area contributed by atoms with Gasteiger partial charge in [0.05, 0.1) is 31.9 Å². The zero-order chi connectivity index (χ0) is 18.5. The van der Waals surface area contributed by atoms with Crippen molar-refractivity contribution in [2.75, 3.05) is 31.2 Å². The molecule has 0 saturated heterocycles. The van der Waals surface area contributed by atoms with Crippen molar-refractivity contribution in [3.63, 3.8) is 0 Å². The normalized spacial score (nSPS) is 11.2. The largest absolute Gasteiger partial charge is 0.395 e. The summed E-state index contributed by atoms with van der Waals surface area (Å²) in [6, 6.07) is 16.9. The zero-order valence-electron chi connectivity index (χ0n) is 15.6. The molecule has 0 atom stereocenters. The molecule has 0 aliphatic heterocycles. The van der Waals surface area contributed by atoms with Gasteiger partial charge in [-0.2, -0.15) is 0 Å². The molecule has 5 nitrogen and oxygen atoms in total. The minimum Gasteiger partial charge on any atom is -0.395 e. The van der Waals surface area contributed by atoms with Crippen molar-refractivity contribution in [2.24, 2.45) is 0 Å². The van der Waals surface area contributed by atoms with Gasteiger partial charge >= 0.3 is 0 Å². The van der Waals surface area contributed by atoms with Crippen LogP contribution in [0.3, 0.4) is 0 Å². The van der Waals surface area contributed by atoms with Crippen molar-refractivity contribution >= 4 is 16.7 Å². The number of anilines is 1. The summed E-state index contributed by atoms with van der Waals surface area (Å²) in [5, 5.41) is 18.5. The number of rotatable bonds is 8. The number of aryl methyl sites for hydroxylation is 2.